The van der Waals surface area contributed by atoms with Gasteiger partial charge in [0.05, 0.1) is 52.6 Å². The Kier molecular flexibility index (Phi) is 7.68. The third kappa shape index (κ3) is 4.93. The second-order valence-electron chi connectivity index (χ2n) is 7.38. The van der Waals surface area contributed by atoms with Crippen LogP contribution in [-0.2, 0) is 25.6 Å². The lowest BCUT2D eigenvalue weighted by Gasteiger charge is -2.30. The molecule has 0 bridgehead atoms. The van der Waals surface area contributed by atoms with Crippen molar-refractivity contribution in [2.24, 2.45) is 0 Å². The summed E-state index contributed by atoms with van der Waals surface area (Å²) >= 11 is 0. The molecule has 2 aromatic rings. The Morgan fingerprint density at radius 1 is 0.794 bits per heavy atom. The predicted molar refractivity (Wildman–Crippen MR) is 123 cm³/mol. The normalized spacial score (nSPS) is 13.5. The van der Waals surface area contributed by atoms with Gasteiger partial charge in [0.2, 0.25) is 0 Å². The molecule has 0 unspecified atom stereocenters. The van der Waals surface area contributed by atoms with E-state index in [1.807, 2.05) is 12.1 Å². The molecule has 0 aliphatic carbocycles. The number of rotatable bonds is 8. The maximum atomic E-state index is 12.8. The summed E-state index contributed by atoms with van der Waals surface area (Å²) < 4.78 is 25.8. The Balaban J connectivity index is 2.08. The number of benzene rings is 2. The number of phenolic OH excluding ortho intramolecular Hbond substituents is 1. The van der Waals surface area contributed by atoms with Crippen molar-refractivity contribution in [3.8, 4) is 23.0 Å². The summed E-state index contributed by atoms with van der Waals surface area (Å²) in [6.07, 6.45) is 3.22. The molecule has 180 valence electrons. The van der Waals surface area contributed by atoms with Gasteiger partial charge >= 0.3 is 11.9 Å². The topological polar surface area (TPSA) is 104 Å². The quantitative estimate of drug-likeness (QED) is 0.584. The number of hydrogen-bond acceptors (Lipinski definition) is 9. The van der Waals surface area contributed by atoms with Gasteiger partial charge in [-0.2, -0.15) is 0 Å². The number of aromatic hydroxyl groups is 1. The molecule has 2 aromatic carbocycles. The first kappa shape index (κ1) is 24.5. The monoisotopic (exact) mass is 469 g/mol. The van der Waals surface area contributed by atoms with Gasteiger partial charge in [-0.15, -0.1) is 0 Å². The van der Waals surface area contributed by atoms with Crippen LogP contribution in [-0.4, -0.2) is 57.5 Å². The van der Waals surface area contributed by atoms with Crippen molar-refractivity contribution >= 4 is 11.9 Å². The van der Waals surface area contributed by atoms with Gasteiger partial charge in [-0.3, -0.25) is 0 Å². The van der Waals surface area contributed by atoms with Crippen LogP contribution in [0.2, 0.25) is 0 Å². The number of carbonyl (C=O) groups excluding carboxylic acids is 2. The van der Waals surface area contributed by atoms with E-state index in [-0.39, 0.29) is 22.6 Å². The summed E-state index contributed by atoms with van der Waals surface area (Å²) in [5.41, 5.74) is 1.75. The fourth-order valence-electron chi connectivity index (χ4n) is 3.81. The van der Waals surface area contributed by atoms with E-state index in [0.717, 1.165) is 5.56 Å². The molecule has 0 aromatic heterocycles. The standard InChI is InChI=1S/C25H27NO8/c1-30-20-9-7-16(11-19(20)27)23-17(24(28)33-4)13-26(14-18(23)25(29)34-5)12-15-6-8-21(31-2)22(10-15)32-3/h6-11,13-14,23,27H,12H2,1-5H3. The molecule has 9 nitrogen and oxygen atoms in total. The zero-order valence-corrected chi connectivity index (χ0v) is 19.7. The highest BCUT2D eigenvalue weighted by molar-refractivity contribution is 5.98. The van der Waals surface area contributed by atoms with E-state index < -0.39 is 17.9 Å². The van der Waals surface area contributed by atoms with Crippen LogP contribution in [0.4, 0.5) is 0 Å². The minimum atomic E-state index is -0.821. The second kappa shape index (κ2) is 10.7. The third-order valence-corrected chi connectivity index (χ3v) is 5.42. The lowest BCUT2D eigenvalue weighted by molar-refractivity contribution is -0.137. The van der Waals surface area contributed by atoms with Crippen LogP contribution < -0.4 is 14.2 Å². The Bertz CT molecular complexity index is 1100. The molecule has 34 heavy (non-hydrogen) atoms. The lowest BCUT2D eigenvalue weighted by Crippen LogP contribution is -2.28. The zero-order valence-electron chi connectivity index (χ0n) is 19.7. The minimum Gasteiger partial charge on any atom is -0.504 e. The Morgan fingerprint density at radius 3 is 1.85 bits per heavy atom. The minimum absolute atomic E-state index is 0.124. The van der Waals surface area contributed by atoms with Crippen LogP contribution in [0.5, 0.6) is 23.0 Å². The van der Waals surface area contributed by atoms with Gasteiger partial charge < -0.3 is 33.7 Å². The van der Waals surface area contributed by atoms with Crippen molar-refractivity contribution in [3.63, 3.8) is 0 Å². The van der Waals surface area contributed by atoms with Crippen LogP contribution in [0.15, 0.2) is 59.9 Å². The van der Waals surface area contributed by atoms with E-state index in [4.69, 9.17) is 23.7 Å². The largest absolute Gasteiger partial charge is 0.504 e. The SMILES string of the molecule is COC(=O)C1=CN(Cc2ccc(OC)c(OC)c2)C=C(C(=O)OC)C1c1ccc(OC)c(O)c1. The highest BCUT2D eigenvalue weighted by Gasteiger charge is 2.35. The highest BCUT2D eigenvalue weighted by atomic mass is 16.5. The average Bonchev–Trinajstić information content (AvgIpc) is 2.86. The van der Waals surface area contributed by atoms with Crippen LogP contribution in [0.25, 0.3) is 0 Å². The highest BCUT2D eigenvalue weighted by Crippen LogP contribution is 2.40. The molecule has 1 heterocycles. The molecular formula is C25H27NO8. The smallest absolute Gasteiger partial charge is 0.336 e. The molecule has 9 heteroatoms. The summed E-state index contributed by atoms with van der Waals surface area (Å²) in [5, 5.41) is 10.3. The Morgan fingerprint density at radius 2 is 1.35 bits per heavy atom. The Labute approximate surface area is 197 Å². The van der Waals surface area contributed by atoms with Gasteiger partial charge in [0.15, 0.2) is 23.0 Å². The fraction of sp³-hybridized carbons (Fsp3) is 0.280. The summed E-state index contributed by atoms with van der Waals surface area (Å²) in [6, 6.07) is 10.1. The first-order valence-corrected chi connectivity index (χ1v) is 10.3. The Hall–Kier alpha value is -4.14. The summed E-state index contributed by atoms with van der Waals surface area (Å²) in [7, 11) is 7.06. The number of nitrogens with zero attached hydrogens (tertiary/aromatic N) is 1. The summed E-state index contributed by atoms with van der Waals surface area (Å²) in [4.78, 5) is 27.2. The number of hydrogen-bond donors (Lipinski definition) is 1. The predicted octanol–water partition coefficient (Wildman–Crippen LogP) is 3.13. The molecule has 3 rings (SSSR count). The first-order chi connectivity index (χ1) is 16.4. The number of phenols is 1. The van der Waals surface area contributed by atoms with Crippen molar-refractivity contribution < 1.29 is 38.4 Å². The van der Waals surface area contributed by atoms with Crippen molar-refractivity contribution in [1.82, 2.24) is 4.90 Å². The van der Waals surface area contributed by atoms with Crippen LogP contribution in [0.1, 0.15) is 17.0 Å². The molecule has 1 aliphatic heterocycles. The fourth-order valence-corrected chi connectivity index (χ4v) is 3.81. The van der Waals surface area contributed by atoms with Crippen LogP contribution in [0.3, 0.4) is 0 Å². The molecule has 0 atom stereocenters. The van der Waals surface area contributed by atoms with Crippen molar-refractivity contribution in [2.45, 2.75) is 12.5 Å². The van der Waals surface area contributed by atoms with Crippen LogP contribution >= 0.6 is 0 Å². The molecular weight excluding hydrogens is 442 g/mol. The maximum absolute atomic E-state index is 12.8. The van der Waals surface area contributed by atoms with Gasteiger partial charge in [0, 0.05) is 18.9 Å². The summed E-state index contributed by atoms with van der Waals surface area (Å²) in [6.45, 7) is 0.321. The molecule has 0 amide bonds. The average molecular weight is 469 g/mol. The molecule has 1 aliphatic rings. The van der Waals surface area contributed by atoms with E-state index in [1.54, 1.807) is 49.7 Å². The molecule has 0 saturated heterocycles. The molecule has 0 saturated carbocycles. The van der Waals surface area contributed by atoms with Gasteiger partial charge in [0.25, 0.3) is 0 Å². The third-order valence-electron chi connectivity index (χ3n) is 5.42. The zero-order chi connectivity index (χ0) is 24.8. The van der Waals surface area contributed by atoms with Crippen molar-refractivity contribution in [1.29, 1.82) is 0 Å². The van der Waals surface area contributed by atoms with E-state index in [1.165, 1.54) is 27.4 Å². The van der Waals surface area contributed by atoms with Gasteiger partial charge in [-0.1, -0.05) is 12.1 Å². The number of methoxy groups -OCH3 is 5. The molecule has 0 spiro atoms. The van der Waals surface area contributed by atoms with E-state index in [9.17, 15) is 14.7 Å². The number of carbonyl (C=O) groups is 2. The number of ether oxygens (including phenoxy) is 5. The first-order valence-electron chi connectivity index (χ1n) is 10.3. The molecule has 0 fully saturated rings. The maximum Gasteiger partial charge on any atom is 0.336 e. The van der Waals surface area contributed by atoms with E-state index >= 15 is 0 Å². The second-order valence-corrected chi connectivity index (χ2v) is 7.38. The van der Waals surface area contributed by atoms with Gasteiger partial charge in [-0.25, -0.2) is 9.59 Å². The van der Waals surface area contributed by atoms with Crippen molar-refractivity contribution in [3.05, 3.63) is 71.1 Å². The molecule has 0 radical (unpaired) electrons. The van der Waals surface area contributed by atoms with Gasteiger partial charge in [-0.05, 0) is 35.4 Å². The van der Waals surface area contributed by atoms with E-state index in [2.05, 4.69) is 0 Å². The number of esters is 2. The van der Waals surface area contributed by atoms with Crippen LogP contribution in [0, 0.1) is 0 Å². The van der Waals surface area contributed by atoms with Crippen molar-refractivity contribution in [2.75, 3.05) is 35.5 Å². The lowest BCUT2D eigenvalue weighted by atomic mass is 9.83. The summed E-state index contributed by atoms with van der Waals surface area (Å²) in [5.74, 6) is -0.778. The molecule has 1 N–H and O–H groups in total. The van der Waals surface area contributed by atoms with E-state index in [0.29, 0.717) is 23.6 Å². The van der Waals surface area contributed by atoms with Gasteiger partial charge in [0.1, 0.15) is 0 Å².